The van der Waals surface area contributed by atoms with E-state index < -0.39 is 6.10 Å². The third kappa shape index (κ3) is 2.51. The summed E-state index contributed by atoms with van der Waals surface area (Å²) in [5, 5.41) is 10.7. The number of aliphatic hydroxyl groups excluding tert-OH is 1. The Morgan fingerprint density at radius 3 is 2.64 bits per heavy atom. The zero-order valence-electron chi connectivity index (χ0n) is 12.2. The highest BCUT2D eigenvalue weighted by atomic mass is 35.5. The van der Waals surface area contributed by atoms with Crippen molar-refractivity contribution in [1.82, 2.24) is 0 Å². The maximum atomic E-state index is 10.3. The van der Waals surface area contributed by atoms with Crippen molar-refractivity contribution in [2.75, 3.05) is 14.2 Å². The molecule has 0 radical (unpaired) electrons. The van der Waals surface area contributed by atoms with Gasteiger partial charge in [0.1, 0.15) is 17.6 Å². The second kappa shape index (κ2) is 5.91. The van der Waals surface area contributed by atoms with E-state index in [4.69, 9.17) is 25.8 Å². The lowest BCUT2D eigenvalue weighted by Crippen LogP contribution is -1.97. The fraction of sp³-hybridized carbons (Fsp3) is 0.176. The van der Waals surface area contributed by atoms with E-state index in [1.54, 1.807) is 25.3 Å². The van der Waals surface area contributed by atoms with Crippen LogP contribution in [-0.2, 0) is 0 Å². The van der Waals surface area contributed by atoms with Crippen molar-refractivity contribution in [3.8, 4) is 17.2 Å². The highest BCUT2D eigenvalue weighted by Gasteiger charge is 2.27. The van der Waals surface area contributed by atoms with Crippen LogP contribution < -0.4 is 14.2 Å². The second-order valence-electron chi connectivity index (χ2n) is 4.83. The highest BCUT2D eigenvalue weighted by molar-refractivity contribution is 6.32. The largest absolute Gasteiger partial charge is 0.493 e. The highest BCUT2D eigenvalue weighted by Crippen LogP contribution is 2.41. The Bertz CT molecular complexity index is 739. The summed E-state index contributed by atoms with van der Waals surface area (Å²) in [6.07, 6.45) is 0.946. The minimum Gasteiger partial charge on any atom is -0.493 e. The van der Waals surface area contributed by atoms with Gasteiger partial charge in [0, 0.05) is 5.56 Å². The molecule has 114 valence electrons. The molecule has 4 nitrogen and oxygen atoms in total. The number of methoxy groups -OCH3 is 2. The molecule has 0 amide bonds. The first-order valence-corrected chi connectivity index (χ1v) is 7.09. The van der Waals surface area contributed by atoms with Crippen molar-refractivity contribution < 1.29 is 19.3 Å². The van der Waals surface area contributed by atoms with Crippen LogP contribution in [0, 0.1) is 0 Å². The van der Waals surface area contributed by atoms with Gasteiger partial charge >= 0.3 is 0 Å². The monoisotopic (exact) mass is 318 g/mol. The van der Waals surface area contributed by atoms with Gasteiger partial charge in [-0.3, -0.25) is 0 Å². The van der Waals surface area contributed by atoms with Gasteiger partial charge in [-0.2, -0.15) is 0 Å². The standard InChI is InChI=1S/C17H15ClO4/c1-20-15-9-10(7-12(18)17(15)21-2)8-14-16(19)11-5-3-4-6-13(11)22-14/h3-9,16,19H,1-2H3/b14-8-. The molecule has 2 aromatic carbocycles. The second-order valence-corrected chi connectivity index (χ2v) is 5.23. The van der Waals surface area contributed by atoms with Gasteiger partial charge in [-0.15, -0.1) is 0 Å². The van der Waals surface area contributed by atoms with E-state index in [1.807, 2.05) is 24.3 Å². The SMILES string of the molecule is COc1cc(/C=C2\Oc3ccccc3C2O)cc(Cl)c1OC. The van der Waals surface area contributed by atoms with Gasteiger partial charge in [-0.1, -0.05) is 29.8 Å². The molecule has 0 aliphatic carbocycles. The first-order valence-electron chi connectivity index (χ1n) is 6.72. The fourth-order valence-electron chi connectivity index (χ4n) is 2.43. The molecule has 2 aromatic rings. The van der Waals surface area contributed by atoms with Crippen molar-refractivity contribution >= 4 is 17.7 Å². The first-order chi connectivity index (χ1) is 10.6. The van der Waals surface area contributed by atoms with Crippen LogP contribution in [0.15, 0.2) is 42.2 Å². The number of fused-ring (bicyclic) bond motifs is 1. The molecule has 22 heavy (non-hydrogen) atoms. The summed E-state index contributed by atoms with van der Waals surface area (Å²) in [4.78, 5) is 0. The van der Waals surface area contributed by atoms with Crippen LogP contribution in [0.4, 0.5) is 0 Å². The number of benzene rings is 2. The summed E-state index contributed by atoms with van der Waals surface area (Å²) in [5.74, 6) is 2.10. The van der Waals surface area contributed by atoms with E-state index >= 15 is 0 Å². The summed E-state index contributed by atoms with van der Waals surface area (Å²) in [7, 11) is 3.07. The van der Waals surface area contributed by atoms with E-state index in [2.05, 4.69) is 0 Å². The van der Waals surface area contributed by atoms with Crippen molar-refractivity contribution in [1.29, 1.82) is 0 Å². The van der Waals surface area contributed by atoms with E-state index in [1.165, 1.54) is 7.11 Å². The van der Waals surface area contributed by atoms with Gasteiger partial charge in [0.25, 0.3) is 0 Å². The molecule has 0 saturated heterocycles. The molecule has 1 aliphatic heterocycles. The topological polar surface area (TPSA) is 47.9 Å². The number of rotatable bonds is 3. The van der Waals surface area contributed by atoms with Crippen molar-refractivity contribution in [2.45, 2.75) is 6.10 Å². The summed E-state index contributed by atoms with van der Waals surface area (Å²) in [6, 6.07) is 10.9. The predicted molar refractivity (Wildman–Crippen MR) is 84.6 cm³/mol. The van der Waals surface area contributed by atoms with Crippen LogP contribution in [0.2, 0.25) is 5.02 Å². The van der Waals surface area contributed by atoms with Gasteiger partial charge in [0.2, 0.25) is 0 Å². The molecular formula is C17H15ClO4. The molecule has 1 unspecified atom stereocenters. The van der Waals surface area contributed by atoms with Crippen LogP contribution in [0.3, 0.4) is 0 Å². The average molecular weight is 319 g/mol. The Morgan fingerprint density at radius 1 is 1.18 bits per heavy atom. The molecule has 0 fully saturated rings. The Hall–Kier alpha value is -2.17. The van der Waals surface area contributed by atoms with E-state index in [9.17, 15) is 5.11 Å². The number of hydrogen-bond acceptors (Lipinski definition) is 4. The smallest absolute Gasteiger partial charge is 0.179 e. The lowest BCUT2D eigenvalue weighted by atomic mass is 10.1. The number of halogens is 1. The van der Waals surface area contributed by atoms with Crippen LogP contribution in [0.1, 0.15) is 17.2 Å². The van der Waals surface area contributed by atoms with Crippen molar-refractivity contribution in [3.05, 3.63) is 58.3 Å². The maximum Gasteiger partial charge on any atom is 0.179 e. The van der Waals surface area contributed by atoms with Gasteiger partial charge in [-0.25, -0.2) is 0 Å². The van der Waals surface area contributed by atoms with Gasteiger partial charge in [0.15, 0.2) is 11.5 Å². The maximum absolute atomic E-state index is 10.3. The predicted octanol–water partition coefficient (Wildman–Crippen LogP) is 3.82. The number of aliphatic hydroxyl groups is 1. The molecule has 1 atom stereocenters. The molecular weight excluding hydrogens is 304 g/mol. The lowest BCUT2D eigenvalue weighted by molar-refractivity contribution is 0.193. The minimum atomic E-state index is -0.789. The molecule has 0 saturated carbocycles. The lowest BCUT2D eigenvalue weighted by Gasteiger charge is -2.11. The van der Waals surface area contributed by atoms with Gasteiger partial charge in [0.05, 0.1) is 19.2 Å². The van der Waals surface area contributed by atoms with Crippen LogP contribution in [0.25, 0.3) is 6.08 Å². The van der Waals surface area contributed by atoms with Crippen molar-refractivity contribution in [3.63, 3.8) is 0 Å². The molecule has 5 heteroatoms. The minimum absolute atomic E-state index is 0.429. The Kier molecular flexibility index (Phi) is 3.96. The Labute approximate surface area is 133 Å². The number of hydrogen-bond donors (Lipinski definition) is 1. The summed E-state index contributed by atoms with van der Waals surface area (Å²) in [5.41, 5.74) is 1.50. The number of ether oxygens (including phenoxy) is 3. The number of para-hydroxylation sites is 1. The molecule has 3 rings (SSSR count). The zero-order chi connectivity index (χ0) is 15.7. The third-order valence-electron chi connectivity index (χ3n) is 3.48. The molecule has 1 N–H and O–H groups in total. The van der Waals surface area contributed by atoms with E-state index in [0.29, 0.717) is 28.0 Å². The summed E-state index contributed by atoms with van der Waals surface area (Å²) in [6.45, 7) is 0. The molecule has 0 aromatic heterocycles. The quantitative estimate of drug-likeness (QED) is 0.934. The molecule has 1 aliphatic rings. The Morgan fingerprint density at radius 2 is 1.95 bits per heavy atom. The summed E-state index contributed by atoms with van der Waals surface area (Å²) >= 11 is 6.19. The van der Waals surface area contributed by atoms with Crippen molar-refractivity contribution in [2.24, 2.45) is 0 Å². The molecule has 1 heterocycles. The van der Waals surface area contributed by atoms with Gasteiger partial charge < -0.3 is 19.3 Å². The normalized spacial score (nSPS) is 18.0. The Balaban J connectivity index is 1.99. The summed E-state index contributed by atoms with van der Waals surface area (Å²) < 4.78 is 16.2. The van der Waals surface area contributed by atoms with Crippen LogP contribution in [-0.4, -0.2) is 19.3 Å². The molecule has 0 spiro atoms. The van der Waals surface area contributed by atoms with Gasteiger partial charge in [-0.05, 0) is 29.8 Å². The average Bonchev–Trinajstić information content (AvgIpc) is 2.83. The fourth-order valence-corrected chi connectivity index (χ4v) is 2.73. The molecule has 0 bridgehead atoms. The first kappa shape index (κ1) is 14.8. The van der Waals surface area contributed by atoms with E-state index in [0.717, 1.165) is 11.1 Å². The van der Waals surface area contributed by atoms with Crippen LogP contribution >= 0.6 is 11.6 Å². The zero-order valence-corrected chi connectivity index (χ0v) is 12.9. The van der Waals surface area contributed by atoms with E-state index in [-0.39, 0.29) is 0 Å². The third-order valence-corrected chi connectivity index (χ3v) is 3.76. The van der Waals surface area contributed by atoms with Crippen LogP contribution in [0.5, 0.6) is 17.2 Å².